The van der Waals surface area contributed by atoms with Gasteiger partial charge in [0, 0.05) is 24.1 Å². The molecule has 152 valence electrons. The van der Waals surface area contributed by atoms with Gasteiger partial charge >= 0.3 is 0 Å². The van der Waals surface area contributed by atoms with Crippen molar-refractivity contribution in [1.29, 1.82) is 0 Å². The van der Waals surface area contributed by atoms with E-state index < -0.39 is 0 Å². The molecule has 0 saturated carbocycles. The molecule has 0 aliphatic carbocycles. The second-order valence-electron chi connectivity index (χ2n) is 6.59. The number of aromatic nitrogens is 1. The summed E-state index contributed by atoms with van der Waals surface area (Å²) in [5.74, 6) is -0.0369. The zero-order valence-electron chi connectivity index (χ0n) is 17.2. The van der Waals surface area contributed by atoms with E-state index in [1.165, 1.54) is 4.90 Å². The number of thiazole rings is 1. The maximum Gasteiger partial charge on any atom is 0.252 e. The fourth-order valence-electron chi connectivity index (χ4n) is 3.04. The third kappa shape index (κ3) is 5.69. The van der Waals surface area contributed by atoms with Crippen LogP contribution in [0.2, 0.25) is 0 Å². The highest BCUT2D eigenvalue weighted by Crippen LogP contribution is 2.31. The summed E-state index contributed by atoms with van der Waals surface area (Å²) in [5.41, 5.74) is 1.95. The fourth-order valence-corrected chi connectivity index (χ4v) is 4.59. The smallest absolute Gasteiger partial charge is 0.252 e. The van der Waals surface area contributed by atoms with Crippen LogP contribution in [-0.4, -0.2) is 48.2 Å². The van der Waals surface area contributed by atoms with Crippen molar-refractivity contribution < 1.29 is 4.79 Å². The molecule has 1 heterocycles. The molecule has 0 atom stereocenters. The summed E-state index contributed by atoms with van der Waals surface area (Å²) < 4.78 is 1.11. The number of rotatable bonds is 9. The molecule has 0 N–H and O–H groups in total. The molecule has 4 nitrogen and oxygen atoms in total. The van der Waals surface area contributed by atoms with E-state index in [9.17, 15) is 4.79 Å². The molecule has 0 aliphatic rings. The van der Waals surface area contributed by atoms with Crippen LogP contribution in [0, 0.1) is 0 Å². The highest BCUT2D eigenvalue weighted by molar-refractivity contribution is 7.98. The summed E-state index contributed by atoms with van der Waals surface area (Å²) in [6.07, 6.45) is 5.58. The van der Waals surface area contributed by atoms with Crippen LogP contribution in [0.15, 0.2) is 59.5 Å². The Kier molecular flexibility index (Phi) is 7.86. The summed E-state index contributed by atoms with van der Waals surface area (Å²) in [6.45, 7) is 7.67. The van der Waals surface area contributed by atoms with Gasteiger partial charge in [-0.25, -0.2) is 4.98 Å². The maximum atomic E-state index is 13.1. The Balaban J connectivity index is 1.87. The first kappa shape index (κ1) is 21.6. The van der Waals surface area contributed by atoms with Gasteiger partial charge in [0.2, 0.25) is 0 Å². The van der Waals surface area contributed by atoms with E-state index in [1.54, 1.807) is 34.1 Å². The Morgan fingerprint density at radius 2 is 1.86 bits per heavy atom. The van der Waals surface area contributed by atoms with Crippen molar-refractivity contribution in [1.82, 2.24) is 9.88 Å². The number of anilines is 1. The van der Waals surface area contributed by atoms with Crippen LogP contribution in [0.25, 0.3) is 16.3 Å². The quantitative estimate of drug-likeness (QED) is 0.339. The Labute approximate surface area is 181 Å². The first-order valence-corrected chi connectivity index (χ1v) is 11.9. The molecular formula is C23H27N3OS2. The zero-order valence-corrected chi connectivity index (χ0v) is 18.8. The second kappa shape index (κ2) is 10.6. The Bertz CT molecular complexity index is 965. The molecule has 0 unspecified atom stereocenters. The average molecular weight is 426 g/mol. The summed E-state index contributed by atoms with van der Waals surface area (Å²) in [5, 5.41) is 0.758. The predicted molar refractivity (Wildman–Crippen MR) is 127 cm³/mol. The Morgan fingerprint density at radius 3 is 2.55 bits per heavy atom. The largest absolute Gasteiger partial charge is 0.302 e. The van der Waals surface area contributed by atoms with E-state index in [2.05, 4.69) is 37.1 Å². The number of carbonyl (C=O) groups is 1. The minimum atomic E-state index is -0.0369. The highest BCUT2D eigenvalue weighted by Gasteiger charge is 2.19. The van der Waals surface area contributed by atoms with Crippen LogP contribution in [-0.2, 0) is 4.79 Å². The van der Waals surface area contributed by atoms with Gasteiger partial charge in [0.05, 0.1) is 10.2 Å². The average Bonchev–Trinajstić information content (AvgIpc) is 3.18. The molecule has 0 aliphatic heterocycles. The minimum Gasteiger partial charge on any atom is -0.302 e. The molecule has 6 heteroatoms. The number of hydrogen-bond acceptors (Lipinski definition) is 5. The van der Waals surface area contributed by atoms with E-state index in [0.29, 0.717) is 6.54 Å². The number of fused-ring (bicyclic) bond motifs is 1. The van der Waals surface area contributed by atoms with Crippen molar-refractivity contribution >= 4 is 50.4 Å². The van der Waals surface area contributed by atoms with Crippen molar-refractivity contribution in [2.45, 2.75) is 18.7 Å². The summed E-state index contributed by atoms with van der Waals surface area (Å²) in [6, 6.07) is 16.2. The van der Waals surface area contributed by atoms with Gasteiger partial charge in [-0.3, -0.25) is 9.69 Å². The van der Waals surface area contributed by atoms with Crippen LogP contribution < -0.4 is 4.90 Å². The zero-order chi connectivity index (χ0) is 20.6. The maximum absolute atomic E-state index is 13.1. The minimum absolute atomic E-state index is 0.0369. The third-order valence-corrected chi connectivity index (χ3v) is 6.60. The monoisotopic (exact) mass is 425 g/mol. The first-order valence-electron chi connectivity index (χ1n) is 9.86. The molecule has 0 fully saturated rings. The van der Waals surface area contributed by atoms with Gasteiger partial charge in [-0.05, 0) is 49.2 Å². The van der Waals surface area contributed by atoms with E-state index in [4.69, 9.17) is 4.98 Å². The number of hydrogen-bond donors (Lipinski definition) is 0. The van der Waals surface area contributed by atoms with Crippen LogP contribution in [0.1, 0.15) is 19.4 Å². The molecular weight excluding hydrogens is 398 g/mol. The number of carbonyl (C=O) groups excluding carboxylic acids is 1. The second-order valence-corrected chi connectivity index (χ2v) is 8.48. The van der Waals surface area contributed by atoms with Crippen molar-refractivity contribution in [3.05, 3.63) is 60.2 Å². The number of benzene rings is 2. The lowest BCUT2D eigenvalue weighted by Gasteiger charge is -2.23. The van der Waals surface area contributed by atoms with Crippen molar-refractivity contribution in [3.8, 4) is 0 Å². The van der Waals surface area contributed by atoms with Crippen molar-refractivity contribution in [2.75, 3.05) is 37.3 Å². The number of likely N-dealkylation sites (N-methyl/N-ethyl adjacent to an activating group) is 1. The standard InChI is InChI=1S/C23H27N3OS2/c1-4-25(5-2)15-16-26(22(27)14-11-18-9-7-6-8-10-18)23-24-20-13-12-19(28-3)17-21(20)29-23/h6-14,17H,4-5,15-16H2,1-3H3/b14-11+. The SMILES string of the molecule is CCN(CC)CCN(C(=O)/C=C/c1ccccc1)c1nc2ccc(SC)cc2s1. The van der Waals surface area contributed by atoms with E-state index in [-0.39, 0.29) is 5.91 Å². The van der Waals surface area contributed by atoms with Gasteiger partial charge in [-0.2, -0.15) is 0 Å². The molecule has 0 radical (unpaired) electrons. The molecule has 29 heavy (non-hydrogen) atoms. The molecule has 3 rings (SSSR count). The third-order valence-electron chi connectivity index (χ3n) is 4.83. The van der Waals surface area contributed by atoms with Crippen LogP contribution in [0.5, 0.6) is 0 Å². The van der Waals surface area contributed by atoms with Gasteiger partial charge < -0.3 is 4.90 Å². The van der Waals surface area contributed by atoms with Gasteiger partial charge in [-0.15, -0.1) is 11.8 Å². The topological polar surface area (TPSA) is 36.4 Å². The van der Waals surface area contributed by atoms with Crippen LogP contribution in [0.3, 0.4) is 0 Å². The molecule has 1 amide bonds. The Morgan fingerprint density at radius 1 is 1.10 bits per heavy atom. The van der Waals surface area contributed by atoms with Crippen LogP contribution in [0.4, 0.5) is 5.13 Å². The highest BCUT2D eigenvalue weighted by atomic mass is 32.2. The molecule has 0 saturated heterocycles. The van der Waals surface area contributed by atoms with Crippen LogP contribution >= 0.6 is 23.1 Å². The lowest BCUT2D eigenvalue weighted by atomic mass is 10.2. The number of thioether (sulfide) groups is 1. The lowest BCUT2D eigenvalue weighted by Crippen LogP contribution is -2.38. The first-order chi connectivity index (χ1) is 14.1. The predicted octanol–water partition coefficient (Wildman–Crippen LogP) is 5.41. The molecule has 2 aromatic carbocycles. The summed E-state index contributed by atoms with van der Waals surface area (Å²) in [4.78, 5) is 23.2. The van der Waals surface area contributed by atoms with Gasteiger partial charge in [0.1, 0.15) is 0 Å². The molecule has 1 aromatic heterocycles. The van der Waals surface area contributed by atoms with E-state index >= 15 is 0 Å². The molecule has 0 bridgehead atoms. The Hall–Kier alpha value is -2.15. The van der Waals surface area contributed by atoms with Gasteiger partial charge in [0.25, 0.3) is 5.91 Å². The van der Waals surface area contributed by atoms with Gasteiger partial charge in [-0.1, -0.05) is 55.5 Å². The fraction of sp³-hybridized carbons (Fsp3) is 0.304. The normalized spacial score (nSPS) is 11.6. The number of nitrogens with zero attached hydrogens (tertiary/aromatic N) is 3. The number of amides is 1. The summed E-state index contributed by atoms with van der Waals surface area (Å²) in [7, 11) is 0. The lowest BCUT2D eigenvalue weighted by molar-refractivity contribution is -0.114. The van der Waals surface area contributed by atoms with Crippen molar-refractivity contribution in [2.24, 2.45) is 0 Å². The molecule has 3 aromatic rings. The van der Waals surface area contributed by atoms with E-state index in [1.807, 2.05) is 42.5 Å². The molecule has 0 spiro atoms. The summed E-state index contributed by atoms with van der Waals surface area (Å²) >= 11 is 3.29. The van der Waals surface area contributed by atoms with Crippen molar-refractivity contribution in [3.63, 3.8) is 0 Å². The van der Waals surface area contributed by atoms with E-state index in [0.717, 1.165) is 40.5 Å². The van der Waals surface area contributed by atoms with Gasteiger partial charge in [0.15, 0.2) is 5.13 Å².